The molecule has 1 fully saturated rings. The maximum Gasteiger partial charge on any atom is 0.254 e. The highest BCUT2D eigenvalue weighted by molar-refractivity contribution is 9.10. The quantitative estimate of drug-likeness (QED) is 0.910. The van der Waals surface area contributed by atoms with Crippen LogP contribution in [0, 0.1) is 6.92 Å². The number of carbonyl (C=O) groups is 1. The van der Waals surface area contributed by atoms with Gasteiger partial charge in [-0.1, -0.05) is 22.0 Å². The lowest BCUT2D eigenvalue weighted by Crippen LogP contribution is -2.37. The van der Waals surface area contributed by atoms with Gasteiger partial charge in [0.15, 0.2) is 0 Å². The van der Waals surface area contributed by atoms with Crippen LogP contribution in [0.25, 0.3) is 0 Å². The van der Waals surface area contributed by atoms with Crippen LogP contribution in [0.15, 0.2) is 22.7 Å². The topological polar surface area (TPSA) is 40.5 Å². The molecule has 3 nitrogen and oxygen atoms in total. The summed E-state index contributed by atoms with van der Waals surface area (Å²) < 4.78 is 0.909. The SMILES string of the molecule is Cc1ccc(Br)cc1C(=O)N1CCC[C@H]1CO. The van der Waals surface area contributed by atoms with E-state index in [1.165, 1.54) is 0 Å². The first-order valence-corrected chi connectivity index (χ1v) is 6.60. The van der Waals surface area contributed by atoms with E-state index in [9.17, 15) is 9.90 Å². The predicted octanol–water partition coefficient (Wildman–Crippen LogP) is 2.35. The summed E-state index contributed by atoms with van der Waals surface area (Å²) >= 11 is 3.39. The van der Waals surface area contributed by atoms with E-state index in [1.807, 2.05) is 25.1 Å². The van der Waals surface area contributed by atoms with Gasteiger partial charge in [-0.05, 0) is 37.5 Å². The molecule has 0 saturated carbocycles. The highest BCUT2D eigenvalue weighted by Gasteiger charge is 2.29. The lowest BCUT2D eigenvalue weighted by molar-refractivity contribution is 0.0677. The Morgan fingerprint density at radius 1 is 1.59 bits per heavy atom. The van der Waals surface area contributed by atoms with Crippen LogP contribution in [-0.4, -0.2) is 35.1 Å². The number of carbonyl (C=O) groups excluding carboxylic acids is 1. The minimum Gasteiger partial charge on any atom is -0.394 e. The molecular formula is C13H16BrNO2. The lowest BCUT2D eigenvalue weighted by Gasteiger charge is -2.23. The molecular weight excluding hydrogens is 282 g/mol. The van der Waals surface area contributed by atoms with E-state index in [1.54, 1.807) is 4.90 Å². The van der Waals surface area contributed by atoms with E-state index in [0.717, 1.165) is 35.0 Å². The number of nitrogens with zero attached hydrogens (tertiary/aromatic N) is 1. The third kappa shape index (κ3) is 2.53. The standard InChI is InChI=1S/C13H16BrNO2/c1-9-4-5-10(14)7-12(9)13(17)15-6-2-3-11(15)8-16/h4-5,7,11,16H,2-3,6,8H2,1H3/t11-/m0/s1. The Morgan fingerprint density at radius 2 is 2.35 bits per heavy atom. The normalized spacial score (nSPS) is 19.7. The van der Waals surface area contributed by atoms with Crippen molar-refractivity contribution in [1.82, 2.24) is 4.90 Å². The molecule has 0 radical (unpaired) electrons. The van der Waals surface area contributed by atoms with Crippen LogP contribution < -0.4 is 0 Å². The zero-order valence-electron chi connectivity index (χ0n) is 9.82. The van der Waals surface area contributed by atoms with Gasteiger partial charge in [-0.15, -0.1) is 0 Å². The van der Waals surface area contributed by atoms with Gasteiger partial charge in [0.25, 0.3) is 5.91 Å². The number of aliphatic hydroxyl groups excluding tert-OH is 1. The van der Waals surface area contributed by atoms with Gasteiger partial charge in [-0.3, -0.25) is 4.79 Å². The lowest BCUT2D eigenvalue weighted by atomic mass is 10.1. The van der Waals surface area contributed by atoms with Crippen molar-refractivity contribution in [2.45, 2.75) is 25.8 Å². The summed E-state index contributed by atoms with van der Waals surface area (Å²) in [6, 6.07) is 5.70. The molecule has 1 aliphatic heterocycles. The van der Waals surface area contributed by atoms with Crippen molar-refractivity contribution in [2.75, 3.05) is 13.2 Å². The monoisotopic (exact) mass is 297 g/mol. The number of aliphatic hydroxyl groups is 1. The van der Waals surface area contributed by atoms with Crippen molar-refractivity contribution in [3.8, 4) is 0 Å². The Kier molecular flexibility index (Phi) is 3.84. The second kappa shape index (κ2) is 5.19. The minimum atomic E-state index is -0.0131. The van der Waals surface area contributed by atoms with Crippen LogP contribution in [-0.2, 0) is 0 Å². The molecule has 92 valence electrons. The summed E-state index contributed by atoms with van der Waals surface area (Å²) in [5.74, 6) is 0.0281. The zero-order valence-corrected chi connectivity index (χ0v) is 11.4. The summed E-state index contributed by atoms with van der Waals surface area (Å²) in [5.41, 5.74) is 1.70. The number of hydrogen-bond acceptors (Lipinski definition) is 2. The van der Waals surface area contributed by atoms with Gasteiger partial charge >= 0.3 is 0 Å². The Hall–Kier alpha value is -0.870. The Morgan fingerprint density at radius 3 is 3.06 bits per heavy atom. The average molecular weight is 298 g/mol. The number of likely N-dealkylation sites (tertiary alicyclic amines) is 1. The molecule has 1 aromatic carbocycles. The van der Waals surface area contributed by atoms with Crippen LogP contribution >= 0.6 is 15.9 Å². The molecule has 1 heterocycles. The molecule has 17 heavy (non-hydrogen) atoms. The van der Waals surface area contributed by atoms with Crippen molar-refractivity contribution < 1.29 is 9.90 Å². The van der Waals surface area contributed by atoms with Crippen LogP contribution in [0.1, 0.15) is 28.8 Å². The van der Waals surface area contributed by atoms with Crippen molar-refractivity contribution >= 4 is 21.8 Å². The van der Waals surface area contributed by atoms with Crippen LogP contribution in [0.3, 0.4) is 0 Å². The van der Waals surface area contributed by atoms with Gasteiger partial charge in [-0.25, -0.2) is 0 Å². The number of halogens is 1. The Labute approximate surface area is 110 Å². The summed E-state index contributed by atoms with van der Waals surface area (Å²) in [4.78, 5) is 14.2. The fourth-order valence-corrected chi connectivity index (χ4v) is 2.63. The molecule has 4 heteroatoms. The fourth-order valence-electron chi connectivity index (χ4n) is 2.27. The van der Waals surface area contributed by atoms with Crippen molar-refractivity contribution in [1.29, 1.82) is 0 Å². The Balaban J connectivity index is 2.27. The molecule has 0 aromatic heterocycles. The van der Waals surface area contributed by atoms with Crippen LogP contribution in [0.5, 0.6) is 0 Å². The highest BCUT2D eigenvalue weighted by atomic mass is 79.9. The van der Waals surface area contributed by atoms with Crippen molar-refractivity contribution in [2.24, 2.45) is 0 Å². The van der Waals surface area contributed by atoms with Gasteiger partial charge in [0, 0.05) is 16.6 Å². The van der Waals surface area contributed by atoms with E-state index in [0.29, 0.717) is 0 Å². The number of benzene rings is 1. The summed E-state index contributed by atoms with van der Waals surface area (Å²) in [6.07, 6.45) is 1.87. The smallest absolute Gasteiger partial charge is 0.254 e. The molecule has 1 aliphatic rings. The molecule has 0 unspecified atom stereocenters. The summed E-state index contributed by atoms with van der Waals surface area (Å²) in [6.45, 7) is 2.73. The van der Waals surface area contributed by atoms with Crippen LogP contribution in [0.2, 0.25) is 0 Å². The maximum atomic E-state index is 12.4. The highest BCUT2D eigenvalue weighted by Crippen LogP contribution is 2.23. The average Bonchev–Trinajstić information content (AvgIpc) is 2.79. The van der Waals surface area contributed by atoms with E-state index >= 15 is 0 Å². The predicted molar refractivity (Wildman–Crippen MR) is 70.0 cm³/mol. The van der Waals surface area contributed by atoms with Crippen LogP contribution in [0.4, 0.5) is 0 Å². The first-order valence-electron chi connectivity index (χ1n) is 5.81. The number of hydrogen-bond donors (Lipinski definition) is 1. The number of aryl methyl sites for hydroxylation is 1. The largest absolute Gasteiger partial charge is 0.394 e. The van der Waals surface area contributed by atoms with E-state index in [-0.39, 0.29) is 18.6 Å². The molecule has 1 aromatic rings. The Bertz CT molecular complexity index is 433. The molecule has 1 amide bonds. The van der Waals surface area contributed by atoms with Crippen molar-refractivity contribution in [3.05, 3.63) is 33.8 Å². The molecule has 0 spiro atoms. The molecule has 1 saturated heterocycles. The molecule has 1 N–H and O–H groups in total. The maximum absolute atomic E-state index is 12.4. The molecule has 1 atom stereocenters. The van der Waals surface area contributed by atoms with E-state index in [2.05, 4.69) is 15.9 Å². The zero-order chi connectivity index (χ0) is 12.4. The third-order valence-electron chi connectivity index (χ3n) is 3.28. The second-order valence-electron chi connectivity index (χ2n) is 4.44. The minimum absolute atomic E-state index is 0.0131. The van der Waals surface area contributed by atoms with Gasteiger partial charge in [0.2, 0.25) is 0 Å². The molecule has 0 bridgehead atoms. The summed E-state index contributed by atoms with van der Waals surface area (Å²) in [5, 5.41) is 9.25. The second-order valence-corrected chi connectivity index (χ2v) is 5.35. The fraction of sp³-hybridized carbons (Fsp3) is 0.462. The first-order chi connectivity index (χ1) is 8.13. The van der Waals surface area contributed by atoms with E-state index < -0.39 is 0 Å². The van der Waals surface area contributed by atoms with Gasteiger partial charge in [0.05, 0.1) is 12.6 Å². The number of amides is 1. The van der Waals surface area contributed by atoms with Gasteiger partial charge in [0.1, 0.15) is 0 Å². The summed E-state index contributed by atoms with van der Waals surface area (Å²) in [7, 11) is 0. The third-order valence-corrected chi connectivity index (χ3v) is 3.77. The molecule has 2 rings (SSSR count). The van der Waals surface area contributed by atoms with E-state index in [4.69, 9.17) is 0 Å². The van der Waals surface area contributed by atoms with Gasteiger partial charge in [-0.2, -0.15) is 0 Å². The molecule has 0 aliphatic carbocycles. The first kappa shape index (κ1) is 12.6. The van der Waals surface area contributed by atoms with Gasteiger partial charge < -0.3 is 10.0 Å². The number of rotatable bonds is 2. The van der Waals surface area contributed by atoms with Crippen molar-refractivity contribution in [3.63, 3.8) is 0 Å².